The standard InChI is InChI=1S/C79H138O17P2/c1-5-9-13-17-21-25-29-33-35-36-38-41-44-48-52-56-60-64-77(82)90-70-75(96-79(84)66-62-58-54-50-46-42-37-34-30-26-22-18-14-10-6-2)72-94-98(87,88)92-68-73(80)67-91-97(85,86)93-71-74(95-78(83)65-61-57-53-49-45-40-32-28-24-20-16-12-8-4)69-89-76(81)63-59-55-51-47-43-39-31-27-23-19-15-11-7-3/h9-10,13-14,21-22,25-26,33-35,37-38,41,46,50,73-75,80H,5-8,11-12,15-20,23-24,27-32,36,39-40,42-45,47-49,51-72H2,1-4H3,(H,85,86)(H,87,88)/b13-9-,14-10-,25-21-,26-22-,35-33-,37-34-,41-38-,50-46-. The van der Waals surface area contributed by atoms with E-state index in [9.17, 15) is 43.2 Å². The number of hydrogen-bond acceptors (Lipinski definition) is 15. The molecule has 19 heteroatoms. The largest absolute Gasteiger partial charge is 0.472 e. The minimum atomic E-state index is -4.99. The second kappa shape index (κ2) is 71.4. The number of aliphatic hydroxyl groups is 1. The Hall–Kier alpha value is -4.02. The van der Waals surface area contributed by atoms with Crippen molar-refractivity contribution in [3.8, 4) is 0 Å². The Morgan fingerprint density at radius 1 is 0.296 bits per heavy atom. The van der Waals surface area contributed by atoms with Crippen LogP contribution in [-0.2, 0) is 65.4 Å². The van der Waals surface area contributed by atoms with Gasteiger partial charge >= 0.3 is 39.5 Å². The van der Waals surface area contributed by atoms with Gasteiger partial charge in [-0.25, -0.2) is 9.13 Å². The molecular weight excluding hydrogens is 1280 g/mol. The summed E-state index contributed by atoms with van der Waals surface area (Å²) in [5.74, 6) is -2.23. The van der Waals surface area contributed by atoms with Gasteiger partial charge in [0.05, 0.1) is 26.4 Å². The molecule has 0 heterocycles. The van der Waals surface area contributed by atoms with E-state index in [4.69, 9.17) is 37.0 Å². The summed E-state index contributed by atoms with van der Waals surface area (Å²) in [5, 5.41) is 10.6. The van der Waals surface area contributed by atoms with Crippen LogP contribution < -0.4 is 0 Å². The highest BCUT2D eigenvalue weighted by Gasteiger charge is 2.30. The van der Waals surface area contributed by atoms with Gasteiger partial charge in [0.1, 0.15) is 19.3 Å². The van der Waals surface area contributed by atoms with Crippen molar-refractivity contribution in [2.24, 2.45) is 0 Å². The zero-order valence-electron chi connectivity index (χ0n) is 61.7. The van der Waals surface area contributed by atoms with E-state index in [1.807, 2.05) is 0 Å². The minimum absolute atomic E-state index is 0.0369. The number of esters is 4. The fourth-order valence-electron chi connectivity index (χ4n) is 10.3. The molecule has 0 saturated carbocycles. The summed E-state index contributed by atoms with van der Waals surface area (Å²) in [6.07, 6.45) is 74.0. The van der Waals surface area contributed by atoms with Gasteiger partial charge in [-0.3, -0.25) is 37.3 Å². The third kappa shape index (κ3) is 70.4. The van der Waals surface area contributed by atoms with Crippen LogP contribution >= 0.6 is 15.6 Å². The summed E-state index contributed by atoms with van der Waals surface area (Å²) in [6.45, 7) is 4.60. The zero-order chi connectivity index (χ0) is 71.8. The van der Waals surface area contributed by atoms with Gasteiger partial charge in [0, 0.05) is 25.7 Å². The van der Waals surface area contributed by atoms with E-state index >= 15 is 0 Å². The van der Waals surface area contributed by atoms with E-state index in [1.165, 1.54) is 109 Å². The van der Waals surface area contributed by atoms with E-state index in [0.29, 0.717) is 32.1 Å². The molecule has 98 heavy (non-hydrogen) atoms. The molecule has 0 aliphatic heterocycles. The van der Waals surface area contributed by atoms with Gasteiger partial charge in [-0.1, -0.05) is 292 Å². The number of allylic oxidation sites excluding steroid dienone is 16. The molecule has 0 aliphatic carbocycles. The maximum atomic E-state index is 13.1. The molecule has 5 atom stereocenters. The smallest absolute Gasteiger partial charge is 0.462 e. The van der Waals surface area contributed by atoms with Gasteiger partial charge in [0.15, 0.2) is 12.2 Å². The Bertz CT molecular complexity index is 2240. The first-order chi connectivity index (χ1) is 47.7. The number of hydrogen-bond donors (Lipinski definition) is 3. The Morgan fingerprint density at radius 2 is 0.531 bits per heavy atom. The maximum absolute atomic E-state index is 13.1. The Morgan fingerprint density at radius 3 is 0.837 bits per heavy atom. The first-order valence-electron chi connectivity index (χ1n) is 38.5. The monoisotopic (exact) mass is 1420 g/mol. The third-order valence-electron chi connectivity index (χ3n) is 16.1. The van der Waals surface area contributed by atoms with Crippen molar-refractivity contribution >= 4 is 39.5 Å². The average molecular weight is 1420 g/mol. The number of aliphatic hydroxyl groups excluding tert-OH is 1. The van der Waals surface area contributed by atoms with Gasteiger partial charge in [0.2, 0.25) is 0 Å². The minimum Gasteiger partial charge on any atom is -0.462 e. The third-order valence-corrected chi connectivity index (χ3v) is 18.0. The number of carbonyl (C=O) groups excluding carboxylic acids is 4. The van der Waals surface area contributed by atoms with Crippen molar-refractivity contribution in [1.29, 1.82) is 0 Å². The Kier molecular flexibility index (Phi) is 68.4. The zero-order valence-corrected chi connectivity index (χ0v) is 63.5. The first kappa shape index (κ1) is 94.0. The molecule has 0 rings (SSSR count). The molecule has 0 saturated heterocycles. The normalized spacial score (nSPS) is 14.5. The van der Waals surface area contributed by atoms with Crippen LogP contribution in [0.2, 0.25) is 0 Å². The molecule has 0 bridgehead atoms. The molecular formula is C79H138O17P2. The van der Waals surface area contributed by atoms with E-state index in [0.717, 1.165) is 128 Å². The van der Waals surface area contributed by atoms with Crippen molar-refractivity contribution in [2.45, 2.75) is 341 Å². The quantitative estimate of drug-likeness (QED) is 0.0169. The average Bonchev–Trinajstić information content (AvgIpc) is 1.05. The highest BCUT2D eigenvalue weighted by atomic mass is 31.2. The summed E-state index contributed by atoms with van der Waals surface area (Å²) in [4.78, 5) is 72.8. The maximum Gasteiger partial charge on any atom is 0.472 e. The van der Waals surface area contributed by atoms with E-state index in [-0.39, 0.29) is 25.7 Å². The van der Waals surface area contributed by atoms with Gasteiger partial charge in [-0.15, -0.1) is 0 Å². The van der Waals surface area contributed by atoms with Crippen molar-refractivity contribution in [3.05, 3.63) is 97.2 Å². The number of carbonyl (C=O) groups is 4. The van der Waals surface area contributed by atoms with Gasteiger partial charge < -0.3 is 33.8 Å². The molecule has 0 aromatic heterocycles. The molecule has 0 aromatic carbocycles. The molecule has 0 spiro atoms. The van der Waals surface area contributed by atoms with Crippen LogP contribution in [0.25, 0.3) is 0 Å². The summed E-state index contributed by atoms with van der Waals surface area (Å²) in [6, 6.07) is 0. The van der Waals surface area contributed by atoms with Crippen LogP contribution in [0.15, 0.2) is 97.2 Å². The first-order valence-corrected chi connectivity index (χ1v) is 41.5. The number of ether oxygens (including phenoxy) is 4. The van der Waals surface area contributed by atoms with Crippen molar-refractivity contribution in [2.75, 3.05) is 39.6 Å². The molecule has 0 fully saturated rings. The number of phosphoric ester groups is 2. The summed E-state index contributed by atoms with van der Waals surface area (Å²) in [7, 11) is -9.96. The molecule has 0 aliphatic rings. The number of unbranched alkanes of at least 4 members (excludes halogenated alkanes) is 30. The lowest BCUT2D eigenvalue weighted by molar-refractivity contribution is -0.161. The Balaban J connectivity index is 5.38. The van der Waals surface area contributed by atoms with E-state index in [2.05, 4.69) is 125 Å². The van der Waals surface area contributed by atoms with Crippen molar-refractivity contribution < 1.29 is 80.2 Å². The van der Waals surface area contributed by atoms with E-state index < -0.39 is 97.5 Å². The summed E-state index contributed by atoms with van der Waals surface area (Å²) >= 11 is 0. The van der Waals surface area contributed by atoms with Crippen molar-refractivity contribution in [1.82, 2.24) is 0 Å². The van der Waals surface area contributed by atoms with Crippen molar-refractivity contribution in [3.63, 3.8) is 0 Å². The summed E-state index contributed by atoms with van der Waals surface area (Å²) in [5.41, 5.74) is 0. The van der Waals surface area contributed by atoms with Crippen LogP contribution in [0.4, 0.5) is 0 Å². The van der Waals surface area contributed by atoms with E-state index in [1.54, 1.807) is 0 Å². The highest BCUT2D eigenvalue weighted by Crippen LogP contribution is 2.45. The molecule has 566 valence electrons. The second-order valence-electron chi connectivity index (χ2n) is 25.5. The molecule has 0 aromatic rings. The lowest BCUT2D eigenvalue weighted by Gasteiger charge is -2.21. The fourth-order valence-corrected chi connectivity index (χ4v) is 11.8. The van der Waals surface area contributed by atoms with Crippen LogP contribution in [0.3, 0.4) is 0 Å². The predicted octanol–water partition coefficient (Wildman–Crippen LogP) is 22.0. The topological polar surface area (TPSA) is 237 Å². The highest BCUT2D eigenvalue weighted by molar-refractivity contribution is 7.47. The van der Waals surface area contributed by atoms with Crippen LogP contribution in [0.5, 0.6) is 0 Å². The summed E-state index contributed by atoms with van der Waals surface area (Å²) < 4.78 is 68.4. The second-order valence-corrected chi connectivity index (χ2v) is 28.5. The number of rotatable bonds is 72. The van der Waals surface area contributed by atoms with Crippen LogP contribution in [-0.4, -0.2) is 96.7 Å². The van der Waals surface area contributed by atoms with Gasteiger partial charge in [-0.2, -0.15) is 0 Å². The SMILES string of the molecule is CC/C=C\C/C=C\C/C=C\C/C=C\CCCCCCC(=O)OCC(COP(=O)(O)OCC(O)COP(=O)(O)OCC(COC(=O)CCCCCCCCCCCCCCC)OC(=O)CCCCCCCCCCCCCCC)OC(=O)CCCC/C=C\C/C=C\C/C=C\C/C=C\CC. The van der Waals surface area contributed by atoms with Crippen LogP contribution in [0.1, 0.15) is 323 Å². The molecule has 3 N–H and O–H groups in total. The van der Waals surface area contributed by atoms with Gasteiger partial charge in [-0.05, 0) is 103 Å². The van der Waals surface area contributed by atoms with Crippen LogP contribution in [0, 0.1) is 0 Å². The van der Waals surface area contributed by atoms with Gasteiger partial charge in [0.25, 0.3) is 0 Å². The lowest BCUT2D eigenvalue weighted by Crippen LogP contribution is -2.30. The fraction of sp³-hybridized carbons (Fsp3) is 0.747. The molecule has 0 radical (unpaired) electrons. The predicted molar refractivity (Wildman–Crippen MR) is 399 cm³/mol. The molecule has 0 amide bonds. The Labute approximate surface area is 595 Å². The lowest BCUT2D eigenvalue weighted by atomic mass is 10.0. The number of phosphoric acid groups is 2. The molecule has 5 unspecified atom stereocenters. The molecule has 17 nitrogen and oxygen atoms in total.